The van der Waals surface area contributed by atoms with Crippen LogP contribution in [0.2, 0.25) is 0 Å². The van der Waals surface area contributed by atoms with E-state index in [9.17, 15) is 22.8 Å². The molecule has 0 saturated carbocycles. The minimum Gasteiger partial charge on any atom is -0.345 e. The molecule has 0 bridgehead atoms. The number of rotatable bonds is 4. The van der Waals surface area contributed by atoms with Gasteiger partial charge in [-0.25, -0.2) is 13.2 Å². The third-order valence-corrected chi connectivity index (χ3v) is 3.25. The van der Waals surface area contributed by atoms with Crippen LogP contribution in [0.5, 0.6) is 0 Å². The van der Waals surface area contributed by atoms with Crippen LogP contribution >= 0.6 is 0 Å². The van der Waals surface area contributed by atoms with Gasteiger partial charge in [0.2, 0.25) is 0 Å². The van der Waals surface area contributed by atoms with Crippen molar-refractivity contribution in [1.82, 2.24) is 5.32 Å². The number of anilines is 1. The maximum Gasteiger partial charge on any atom is 0.313 e. The number of nitrogens with one attached hydrogen (secondary N) is 2. The number of hydrogen-bond donors (Lipinski definition) is 2. The molecule has 0 heterocycles. The number of benzene rings is 2. The molecule has 0 aliphatic heterocycles. The Balaban J connectivity index is 1.93. The van der Waals surface area contributed by atoms with Gasteiger partial charge in [0, 0.05) is 12.1 Å². The lowest BCUT2D eigenvalue weighted by Crippen LogP contribution is -2.41. The smallest absolute Gasteiger partial charge is 0.313 e. The SMILES string of the molecule is CC(Cc1ccccc1F)NC(=O)C(=O)Nc1ccc(F)cc1F. The van der Waals surface area contributed by atoms with E-state index in [1.807, 2.05) is 0 Å². The molecular weight excluding hydrogens is 321 g/mol. The van der Waals surface area contributed by atoms with Gasteiger partial charge in [-0.05, 0) is 37.1 Å². The first-order chi connectivity index (χ1) is 11.4. The molecule has 0 fully saturated rings. The Labute approximate surface area is 136 Å². The van der Waals surface area contributed by atoms with E-state index in [4.69, 9.17) is 0 Å². The third-order valence-electron chi connectivity index (χ3n) is 3.25. The second-order valence-corrected chi connectivity index (χ2v) is 5.25. The molecule has 0 aliphatic rings. The predicted octanol–water partition coefficient (Wildman–Crippen LogP) is 2.79. The highest BCUT2D eigenvalue weighted by atomic mass is 19.1. The summed E-state index contributed by atoms with van der Waals surface area (Å²) >= 11 is 0. The second kappa shape index (κ2) is 7.63. The summed E-state index contributed by atoms with van der Waals surface area (Å²) in [6, 6.07) is 8.13. The molecule has 0 aliphatic carbocycles. The van der Waals surface area contributed by atoms with Crippen LogP contribution in [0.4, 0.5) is 18.9 Å². The van der Waals surface area contributed by atoms with Crippen molar-refractivity contribution in [1.29, 1.82) is 0 Å². The van der Waals surface area contributed by atoms with Crippen molar-refractivity contribution >= 4 is 17.5 Å². The average Bonchev–Trinajstić information content (AvgIpc) is 2.52. The standard InChI is InChI=1S/C17H15F3N2O2/c1-10(8-11-4-2-3-5-13(11)19)21-16(23)17(24)22-15-7-6-12(18)9-14(15)20/h2-7,9-10H,8H2,1H3,(H,21,23)(H,22,24). The second-order valence-electron chi connectivity index (χ2n) is 5.25. The van der Waals surface area contributed by atoms with E-state index in [1.165, 1.54) is 6.07 Å². The van der Waals surface area contributed by atoms with E-state index < -0.39 is 35.3 Å². The van der Waals surface area contributed by atoms with Crippen LogP contribution in [0.1, 0.15) is 12.5 Å². The first-order valence-electron chi connectivity index (χ1n) is 7.17. The Morgan fingerprint density at radius 1 is 1.00 bits per heavy atom. The molecule has 2 aromatic rings. The van der Waals surface area contributed by atoms with Gasteiger partial charge in [-0.15, -0.1) is 0 Å². The van der Waals surface area contributed by atoms with Gasteiger partial charge in [-0.3, -0.25) is 9.59 Å². The summed E-state index contributed by atoms with van der Waals surface area (Å²) in [7, 11) is 0. The minimum absolute atomic E-state index is 0.191. The summed E-state index contributed by atoms with van der Waals surface area (Å²) in [6.45, 7) is 1.61. The Kier molecular flexibility index (Phi) is 5.57. The summed E-state index contributed by atoms with van der Waals surface area (Å²) in [5.41, 5.74) is 0.0913. The van der Waals surface area contributed by atoms with Gasteiger partial charge < -0.3 is 10.6 Å². The van der Waals surface area contributed by atoms with Gasteiger partial charge in [0.25, 0.3) is 0 Å². The average molecular weight is 336 g/mol. The van der Waals surface area contributed by atoms with Crippen LogP contribution in [0.3, 0.4) is 0 Å². The van der Waals surface area contributed by atoms with Gasteiger partial charge in [-0.1, -0.05) is 18.2 Å². The van der Waals surface area contributed by atoms with Crippen LogP contribution in [0.25, 0.3) is 0 Å². The van der Waals surface area contributed by atoms with Gasteiger partial charge >= 0.3 is 11.8 Å². The molecular formula is C17H15F3N2O2. The molecule has 0 radical (unpaired) electrons. The summed E-state index contributed by atoms with van der Waals surface area (Å²) in [5.74, 6) is -4.29. The zero-order valence-corrected chi connectivity index (χ0v) is 12.8. The zero-order chi connectivity index (χ0) is 17.7. The van der Waals surface area contributed by atoms with E-state index >= 15 is 0 Å². The van der Waals surface area contributed by atoms with E-state index in [1.54, 1.807) is 25.1 Å². The van der Waals surface area contributed by atoms with Crippen LogP contribution in [-0.4, -0.2) is 17.9 Å². The monoisotopic (exact) mass is 336 g/mol. The van der Waals surface area contributed by atoms with E-state index in [-0.39, 0.29) is 12.1 Å². The Hall–Kier alpha value is -2.83. The van der Waals surface area contributed by atoms with Crippen molar-refractivity contribution in [3.05, 3.63) is 65.5 Å². The van der Waals surface area contributed by atoms with Gasteiger partial charge in [0.05, 0.1) is 5.69 Å². The molecule has 2 rings (SSSR count). The number of carbonyl (C=O) groups is 2. The Bertz CT molecular complexity index is 765. The van der Waals surface area contributed by atoms with E-state index in [0.717, 1.165) is 12.1 Å². The number of hydrogen-bond acceptors (Lipinski definition) is 2. The van der Waals surface area contributed by atoms with Crippen molar-refractivity contribution in [2.75, 3.05) is 5.32 Å². The summed E-state index contributed by atoms with van der Waals surface area (Å²) in [4.78, 5) is 23.5. The fraction of sp³-hybridized carbons (Fsp3) is 0.176. The van der Waals surface area contributed by atoms with E-state index in [2.05, 4.69) is 10.6 Å². The predicted molar refractivity (Wildman–Crippen MR) is 82.7 cm³/mol. The normalized spacial score (nSPS) is 11.7. The highest BCUT2D eigenvalue weighted by molar-refractivity contribution is 6.39. The van der Waals surface area contributed by atoms with Crippen molar-refractivity contribution in [2.24, 2.45) is 0 Å². The fourth-order valence-corrected chi connectivity index (χ4v) is 2.10. The Morgan fingerprint density at radius 3 is 2.38 bits per heavy atom. The maximum absolute atomic E-state index is 13.5. The maximum atomic E-state index is 13.5. The molecule has 2 N–H and O–H groups in total. The van der Waals surface area contributed by atoms with Crippen molar-refractivity contribution in [3.63, 3.8) is 0 Å². The third kappa shape index (κ3) is 4.58. The number of halogens is 3. The molecule has 0 aromatic heterocycles. The van der Waals surface area contributed by atoms with Crippen LogP contribution < -0.4 is 10.6 Å². The molecule has 2 aromatic carbocycles. The summed E-state index contributed by atoms with van der Waals surface area (Å²) in [6.07, 6.45) is 0.191. The van der Waals surface area contributed by atoms with Crippen LogP contribution in [-0.2, 0) is 16.0 Å². The van der Waals surface area contributed by atoms with E-state index in [0.29, 0.717) is 11.6 Å². The summed E-state index contributed by atoms with van der Waals surface area (Å²) < 4.78 is 39.8. The van der Waals surface area contributed by atoms with Crippen molar-refractivity contribution < 1.29 is 22.8 Å². The Morgan fingerprint density at radius 2 is 1.71 bits per heavy atom. The highest BCUT2D eigenvalue weighted by Crippen LogP contribution is 2.14. The molecule has 0 spiro atoms. The molecule has 0 saturated heterocycles. The lowest BCUT2D eigenvalue weighted by molar-refractivity contribution is -0.136. The highest BCUT2D eigenvalue weighted by Gasteiger charge is 2.18. The largest absolute Gasteiger partial charge is 0.345 e. The van der Waals surface area contributed by atoms with Gasteiger partial charge in [0.15, 0.2) is 0 Å². The topological polar surface area (TPSA) is 58.2 Å². The van der Waals surface area contributed by atoms with Gasteiger partial charge in [-0.2, -0.15) is 0 Å². The molecule has 7 heteroatoms. The molecule has 4 nitrogen and oxygen atoms in total. The molecule has 1 atom stereocenters. The molecule has 2 amide bonds. The lowest BCUT2D eigenvalue weighted by atomic mass is 10.1. The first kappa shape index (κ1) is 17.5. The van der Waals surface area contributed by atoms with Crippen LogP contribution in [0, 0.1) is 17.5 Å². The van der Waals surface area contributed by atoms with Crippen LogP contribution in [0.15, 0.2) is 42.5 Å². The fourth-order valence-electron chi connectivity index (χ4n) is 2.10. The zero-order valence-electron chi connectivity index (χ0n) is 12.8. The number of carbonyl (C=O) groups excluding carboxylic acids is 2. The van der Waals surface area contributed by atoms with Crippen molar-refractivity contribution in [2.45, 2.75) is 19.4 Å². The molecule has 24 heavy (non-hydrogen) atoms. The van der Waals surface area contributed by atoms with Gasteiger partial charge in [0.1, 0.15) is 17.5 Å². The molecule has 1 unspecified atom stereocenters. The van der Waals surface area contributed by atoms with Crippen molar-refractivity contribution in [3.8, 4) is 0 Å². The molecule has 126 valence electrons. The lowest BCUT2D eigenvalue weighted by Gasteiger charge is -2.14. The summed E-state index contributed by atoms with van der Waals surface area (Å²) in [5, 5.41) is 4.44. The first-order valence-corrected chi connectivity index (χ1v) is 7.17. The quantitative estimate of drug-likeness (QED) is 0.844. The minimum atomic E-state index is -1.10. The number of amides is 2.